The number of hydrogen-bond acceptors (Lipinski definition) is 3. The zero-order valence-corrected chi connectivity index (χ0v) is 9.41. The van der Waals surface area contributed by atoms with E-state index in [2.05, 4.69) is 0 Å². The first-order valence-corrected chi connectivity index (χ1v) is 5.20. The lowest BCUT2D eigenvalue weighted by atomic mass is 10.2. The normalized spacial score (nSPS) is 12.2. The molecule has 0 saturated heterocycles. The molecule has 0 amide bonds. The molecule has 1 aromatic rings. The van der Waals surface area contributed by atoms with Crippen LogP contribution in [0.3, 0.4) is 0 Å². The average molecular weight is 248 g/mol. The predicted molar refractivity (Wildman–Crippen MR) is 58.4 cm³/mol. The lowest BCUT2D eigenvalue weighted by molar-refractivity contribution is -0.386. The van der Waals surface area contributed by atoms with Crippen molar-refractivity contribution in [1.29, 1.82) is 0 Å². The van der Waals surface area contributed by atoms with Crippen LogP contribution in [-0.2, 0) is 0 Å². The summed E-state index contributed by atoms with van der Waals surface area (Å²) < 4.78 is 18.0. The highest BCUT2D eigenvalue weighted by molar-refractivity contribution is 6.18. The van der Waals surface area contributed by atoms with E-state index in [1.165, 1.54) is 6.07 Å². The van der Waals surface area contributed by atoms with Gasteiger partial charge in [-0.2, -0.15) is 0 Å². The highest BCUT2D eigenvalue weighted by Gasteiger charge is 2.16. The van der Waals surface area contributed by atoms with Gasteiger partial charge in [0.05, 0.1) is 17.6 Å². The molecular weight excluding hydrogens is 237 g/mol. The van der Waals surface area contributed by atoms with E-state index < -0.39 is 10.7 Å². The van der Waals surface area contributed by atoms with Gasteiger partial charge in [-0.25, -0.2) is 4.39 Å². The van der Waals surface area contributed by atoms with Crippen LogP contribution >= 0.6 is 11.6 Å². The molecule has 1 unspecified atom stereocenters. The third kappa shape index (κ3) is 3.34. The number of nitro benzene ring substituents is 1. The number of nitrogens with zero attached hydrogens (tertiary/aromatic N) is 1. The van der Waals surface area contributed by atoms with Gasteiger partial charge in [0.25, 0.3) is 0 Å². The zero-order chi connectivity index (χ0) is 12.1. The SMILES string of the molecule is CC(CCl)COc1ccc(F)cc1[N+](=O)[O-]. The maximum Gasteiger partial charge on any atom is 0.313 e. The molecule has 0 aliphatic carbocycles. The minimum atomic E-state index is -0.677. The van der Waals surface area contributed by atoms with Crippen LogP contribution < -0.4 is 4.74 Å². The zero-order valence-electron chi connectivity index (χ0n) is 8.65. The van der Waals surface area contributed by atoms with Crippen LogP contribution in [0, 0.1) is 21.8 Å². The molecule has 88 valence electrons. The van der Waals surface area contributed by atoms with Crippen molar-refractivity contribution in [2.24, 2.45) is 5.92 Å². The molecule has 0 heterocycles. The Bertz CT molecular complexity index is 386. The summed E-state index contributed by atoms with van der Waals surface area (Å²) in [5, 5.41) is 10.6. The molecule has 16 heavy (non-hydrogen) atoms. The molecule has 0 aliphatic heterocycles. The van der Waals surface area contributed by atoms with Gasteiger partial charge >= 0.3 is 5.69 Å². The predicted octanol–water partition coefficient (Wildman–Crippen LogP) is 2.99. The molecule has 0 aromatic heterocycles. The van der Waals surface area contributed by atoms with E-state index in [1.807, 2.05) is 6.92 Å². The summed E-state index contributed by atoms with van der Waals surface area (Å²) in [7, 11) is 0. The summed E-state index contributed by atoms with van der Waals surface area (Å²) in [6, 6.07) is 3.20. The van der Waals surface area contributed by atoms with E-state index in [9.17, 15) is 14.5 Å². The fourth-order valence-electron chi connectivity index (χ4n) is 1.03. The molecule has 0 aliphatic rings. The van der Waals surface area contributed by atoms with Crippen molar-refractivity contribution in [2.75, 3.05) is 12.5 Å². The molecule has 1 aromatic carbocycles. The molecule has 0 saturated carbocycles. The Balaban J connectivity index is 2.82. The number of nitro groups is 1. The molecule has 0 spiro atoms. The number of halogens is 2. The van der Waals surface area contributed by atoms with Crippen LogP contribution in [0.25, 0.3) is 0 Å². The van der Waals surface area contributed by atoms with Crippen molar-refractivity contribution in [1.82, 2.24) is 0 Å². The number of ether oxygens (including phenoxy) is 1. The van der Waals surface area contributed by atoms with Crippen molar-refractivity contribution in [3.05, 3.63) is 34.1 Å². The van der Waals surface area contributed by atoms with Crippen LogP contribution in [-0.4, -0.2) is 17.4 Å². The first-order valence-electron chi connectivity index (χ1n) is 4.67. The molecular formula is C10H11ClFNO3. The van der Waals surface area contributed by atoms with Gasteiger partial charge in [0.1, 0.15) is 5.82 Å². The van der Waals surface area contributed by atoms with Gasteiger partial charge in [0.2, 0.25) is 0 Å². The van der Waals surface area contributed by atoms with Gasteiger partial charge < -0.3 is 4.74 Å². The summed E-state index contributed by atoms with van der Waals surface area (Å²) in [5.74, 6) is -0.131. The van der Waals surface area contributed by atoms with E-state index in [0.717, 1.165) is 12.1 Å². The van der Waals surface area contributed by atoms with E-state index >= 15 is 0 Å². The highest BCUT2D eigenvalue weighted by atomic mass is 35.5. The minimum absolute atomic E-state index is 0.0587. The summed E-state index contributed by atoms with van der Waals surface area (Å²) in [5.41, 5.74) is -0.373. The highest BCUT2D eigenvalue weighted by Crippen LogP contribution is 2.27. The molecule has 0 N–H and O–H groups in total. The van der Waals surface area contributed by atoms with Crippen LogP contribution in [0.1, 0.15) is 6.92 Å². The summed E-state index contributed by atoms with van der Waals surface area (Å²) >= 11 is 5.57. The molecule has 0 fully saturated rings. The molecule has 1 rings (SSSR count). The fraction of sp³-hybridized carbons (Fsp3) is 0.400. The average Bonchev–Trinajstić information content (AvgIpc) is 2.26. The van der Waals surface area contributed by atoms with Crippen LogP contribution in [0.5, 0.6) is 5.75 Å². The molecule has 6 heteroatoms. The third-order valence-electron chi connectivity index (χ3n) is 1.90. The van der Waals surface area contributed by atoms with Crippen molar-refractivity contribution < 1.29 is 14.1 Å². The molecule has 1 atom stereocenters. The van der Waals surface area contributed by atoms with Crippen molar-refractivity contribution in [2.45, 2.75) is 6.92 Å². The Labute approximate surface area is 97.1 Å². The summed E-state index contributed by atoms with van der Waals surface area (Å²) in [6.07, 6.45) is 0. The Kier molecular flexibility index (Phi) is 4.49. The van der Waals surface area contributed by atoms with E-state index in [1.54, 1.807) is 0 Å². The Morgan fingerprint density at radius 2 is 2.31 bits per heavy atom. The fourth-order valence-corrected chi connectivity index (χ4v) is 1.12. The monoisotopic (exact) mass is 247 g/mol. The first kappa shape index (κ1) is 12.7. The Hall–Kier alpha value is -1.36. The standard InChI is InChI=1S/C10H11ClFNO3/c1-7(5-11)6-16-10-3-2-8(12)4-9(10)13(14)15/h2-4,7H,5-6H2,1H3. The molecule has 4 nitrogen and oxygen atoms in total. The maximum absolute atomic E-state index is 12.8. The van der Waals surface area contributed by atoms with Crippen LogP contribution in [0.4, 0.5) is 10.1 Å². The number of rotatable bonds is 5. The van der Waals surface area contributed by atoms with Gasteiger partial charge in [-0.15, -0.1) is 11.6 Å². The molecule has 0 radical (unpaired) electrons. The summed E-state index contributed by atoms with van der Waals surface area (Å²) in [6.45, 7) is 2.11. The van der Waals surface area contributed by atoms with Crippen LogP contribution in [0.15, 0.2) is 18.2 Å². The number of alkyl halides is 1. The Morgan fingerprint density at radius 3 is 2.88 bits per heavy atom. The smallest absolute Gasteiger partial charge is 0.313 e. The van der Waals surface area contributed by atoms with E-state index in [0.29, 0.717) is 5.88 Å². The second kappa shape index (κ2) is 5.65. The van der Waals surface area contributed by atoms with E-state index in [-0.39, 0.29) is 24.0 Å². The van der Waals surface area contributed by atoms with Gasteiger partial charge in [-0.05, 0) is 12.1 Å². The first-order chi connectivity index (χ1) is 7.54. The largest absolute Gasteiger partial charge is 0.486 e. The second-order valence-electron chi connectivity index (χ2n) is 3.44. The lowest BCUT2D eigenvalue weighted by Gasteiger charge is -2.10. The lowest BCUT2D eigenvalue weighted by Crippen LogP contribution is -2.10. The van der Waals surface area contributed by atoms with Gasteiger partial charge in [-0.3, -0.25) is 10.1 Å². The quantitative estimate of drug-likeness (QED) is 0.457. The Morgan fingerprint density at radius 1 is 1.62 bits per heavy atom. The molecule has 0 bridgehead atoms. The number of hydrogen-bond donors (Lipinski definition) is 0. The second-order valence-corrected chi connectivity index (χ2v) is 3.75. The topological polar surface area (TPSA) is 52.4 Å². The number of benzene rings is 1. The van der Waals surface area contributed by atoms with E-state index in [4.69, 9.17) is 16.3 Å². The van der Waals surface area contributed by atoms with Gasteiger partial charge in [-0.1, -0.05) is 6.92 Å². The maximum atomic E-state index is 12.8. The van der Waals surface area contributed by atoms with Crippen molar-refractivity contribution in [3.63, 3.8) is 0 Å². The van der Waals surface area contributed by atoms with Gasteiger partial charge in [0.15, 0.2) is 5.75 Å². The summed E-state index contributed by atoms with van der Waals surface area (Å²) in [4.78, 5) is 9.94. The van der Waals surface area contributed by atoms with Crippen LogP contribution in [0.2, 0.25) is 0 Å². The minimum Gasteiger partial charge on any atom is -0.486 e. The van der Waals surface area contributed by atoms with Gasteiger partial charge in [0, 0.05) is 11.8 Å². The van der Waals surface area contributed by atoms with Crippen molar-refractivity contribution in [3.8, 4) is 5.75 Å². The van der Waals surface area contributed by atoms with Crippen molar-refractivity contribution >= 4 is 17.3 Å². The third-order valence-corrected chi connectivity index (χ3v) is 2.43.